The summed E-state index contributed by atoms with van der Waals surface area (Å²) in [6, 6.07) is 10.6. The summed E-state index contributed by atoms with van der Waals surface area (Å²) in [6.45, 7) is 1.75. The Bertz CT molecular complexity index is 886. The van der Waals surface area contributed by atoms with Gasteiger partial charge in [-0.25, -0.2) is 8.42 Å². The fourth-order valence-electron chi connectivity index (χ4n) is 2.10. The highest BCUT2D eigenvalue weighted by atomic mass is 35.5. The number of sulfonamides is 1. The number of ether oxygens (including phenoxy) is 1. The van der Waals surface area contributed by atoms with Crippen LogP contribution < -0.4 is 4.74 Å². The molecule has 0 heterocycles. The summed E-state index contributed by atoms with van der Waals surface area (Å²) in [7, 11) is -2.46. The molecular weight excluding hydrogens is 368 g/mol. The fraction of sp³-hybridized carbons (Fsp3) is 0.250. The molecule has 0 aromatic heterocycles. The van der Waals surface area contributed by atoms with Crippen LogP contribution in [0.5, 0.6) is 5.75 Å². The number of likely N-dealkylation sites (N-methyl/N-ethyl adjacent to an activating group) is 1. The van der Waals surface area contributed by atoms with Crippen molar-refractivity contribution in [3.8, 4) is 5.75 Å². The van der Waals surface area contributed by atoms with Gasteiger partial charge in [0.2, 0.25) is 10.0 Å². The first-order chi connectivity index (χ1) is 11.7. The number of aryl methyl sites for hydroxylation is 1. The Labute approximate surface area is 151 Å². The Morgan fingerprint density at radius 1 is 1.24 bits per heavy atom. The third-order valence-corrected chi connectivity index (χ3v) is 5.64. The first-order valence-electron chi connectivity index (χ1n) is 7.31. The quantitative estimate of drug-likeness (QED) is 0.540. The van der Waals surface area contributed by atoms with E-state index in [1.54, 1.807) is 31.2 Å². The number of hydrogen-bond acceptors (Lipinski definition) is 5. The summed E-state index contributed by atoms with van der Waals surface area (Å²) >= 11 is 5.85. The Kier molecular flexibility index (Phi) is 5.99. The first-order valence-corrected chi connectivity index (χ1v) is 9.13. The van der Waals surface area contributed by atoms with E-state index in [1.807, 2.05) is 0 Å². The lowest BCUT2D eigenvalue weighted by atomic mass is 10.2. The van der Waals surface area contributed by atoms with Gasteiger partial charge >= 0.3 is 0 Å². The van der Waals surface area contributed by atoms with Crippen molar-refractivity contribution < 1.29 is 18.1 Å². The van der Waals surface area contributed by atoms with Crippen LogP contribution in [0.3, 0.4) is 0 Å². The maximum atomic E-state index is 12.5. The van der Waals surface area contributed by atoms with E-state index >= 15 is 0 Å². The lowest BCUT2D eigenvalue weighted by Gasteiger charge is -2.17. The summed E-state index contributed by atoms with van der Waals surface area (Å²) in [6.07, 6.45) is 0. The van der Waals surface area contributed by atoms with Crippen LogP contribution in [-0.4, -0.2) is 37.8 Å². The molecule has 0 unspecified atom stereocenters. The van der Waals surface area contributed by atoms with Gasteiger partial charge in [0, 0.05) is 30.2 Å². The standard InChI is InChI=1S/C16H17ClN2O5S/c1-12-6-7-15(11-16(12)19(20)21)25(22,23)18(2)8-9-24-14-5-3-4-13(17)10-14/h3-7,10-11H,8-9H2,1-2H3. The number of halogens is 1. The van der Waals surface area contributed by atoms with Gasteiger partial charge in [-0.15, -0.1) is 0 Å². The van der Waals surface area contributed by atoms with Crippen LogP contribution in [0.2, 0.25) is 5.02 Å². The molecule has 0 saturated carbocycles. The van der Waals surface area contributed by atoms with Gasteiger partial charge in [-0.05, 0) is 31.2 Å². The largest absolute Gasteiger partial charge is 0.492 e. The smallest absolute Gasteiger partial charge is 0.273 e. The van der Waals surface area contributed by atoms with Crippen molar-refractivity contribution in [2.24, 2.45) is 0 Å². The molecule has 0 bridgehead atoms. The Hall–Kier alpha value is -2.16. The molecule has 0 spiro atoms. The van der Waals surface area contributed by atoms with Gasteiger partial charge in [0.05, 0.1) is 9.82 Å². The highest BCUT2D eigenvalue weighted by Crippen LogP contribution is 2.24. The fourth-order valence-corrected chi connectivity index (χ4v) is 3.45. The van der Waals surface area contributed by atoms with Crippen LogP contribution in [0.1, 0.15) is 5.56 Å². The first kappa shape index (κ1) is 19.2. The molecule has 0 fully saturated rings. The van der Waals surface area contributed by atoms with Gasteiger partial charge in [0.25, 0.3) is 5.69 Å². The summed E-state index contributed by atoms with van der Waals surface area (Å²) < 4.78 is 31.6. The molecule has 0 atom stereocenters. The summed E-state index contributed by atoms with van der Waals surface area (Å²) in [4.78, 5) is 10.3. The Balaban J connectivity index is 2.08. The number of nitrogens with zero attached hydrogens (tertiary/aromatic N) is 2. The normalized spacial score (nSPS) is 11.5. The highest BCUT2D eigenvalue weighted by molar-refractivity contribution is 7.89. The predicted molar refractivity (Wildman–Crippen MR) is 94.6 cm³/mol. The van der Waals surface area contributed by atoms with Crippen molar-refractivity contribution in [2.45, 2.75) is 11.8 Å². The SMILES string of the molecule is Cc1ccc(S(=O)(=O)N(C)CCOc2cccc(Cl)c2)cc1[N+](=O)[O-]. The number of hydrogen-bond donors (Lipinski definition) is 0. The summed E-state index contributed by atoms with van der Waals surface area (Å²) in [5.74, 6) is 0.532. The molecule has 9 heteroatoms. The van der Waals surface area contributed by atoms with Crippen LogP contribution in [0, 0.1) is 17.0 Å². The summed E-state index contributed by atoms with van der Waals surface area (Å²) in [5.41, 5.74) is 0.167. The topological polar surface area (TPSA) is 89.8 Å². The molecule has 0 aliphatic heterocycles. The predicted octanol–water partition coefficient (Wildman–Crippen LogP) is 3.26. The van der Waals surface area contributed by atoms with Crippen molar-refractivity contribution in [1.82, 2.24) is 4.31 Å². The molecule has 0 aliphatic rings. The van der Waals surface area contributed by atoms with Crippen LogP contribution in [0.15, 0.2) is 47.4 Å². The van der Waals surface area contributed by atoms with Crippen molar-refractivity contribution in [3.63, 3.8) is 0 Å². The van der Waals surface area contributed by atoms with Crippen LogP contribution in [0.25, 0.3) is 0 Å². The average molecular weight is 385 g/mol. The molecule has 0 radical (unpaired) electrons. The number of benzene rings is 2. The third-order valence-electron chi connectivity index (χ3n) is 3.56. The molecular formula is C16H17ClN2O5S. The zero-order valence-corrected chi connectivity index (χ0v) is 15.2. The molecule has 25 heavy (non-hydrogen) atoms. The van der Waals surface area contributed by atoms with Gasteiger partial charge in [0.1, 0.15) is 12.4 Å². The van der Waals surface area contributed by atoms with Gasteiger partial charge in [-0.3, -0.25) is 10.1 Å². The highest BCUT2D eigenvalue weighted by Gasteiger charge is 2.24. The van der Waals surface area contributed by atoms with Gasteiger partial charge < -0.3 is 4.74 Å². The van der Waals surface area contributed by atoms with E-state index in [1.165, 1.54) is 19.2 Å². The maximum absolute atomic E-state index is 12.5. The maximum Gasteiger partial charge on any atom is 0.273 e. The number of nitro benzene ring substituents is 1. The van der Waals surface area contributed by atoms with E-state index in [2.05, 4.69) is 0 Å². The molecule has 7 nitrogen and oxygen atoms in total. The minimum Gasteiger partial charge on any atom is -0.492 e. The zero-order chi connectivity index (χ0) is 18.6. The van der Waals surface area contributed by atoms with Gasteiger partial charge in [-0.2, -0.15) is 4.31 Å². The molecule has 2 rings (SSSR count). The minimum absolute atomic E-state index is 0.0799. The molecule has 134 valence electrons. The van der Waals surface area contributed by atoms with Crippen LogP contribution in [-0.2, 0) is 10.0 Å². The van der Waals surface area contributed by atoms with Crippen LogP contribution >= 0.6 is 11.6 Å². The monoisotopic (exact) mass is 384 g/mol. The lowest BCUT2D eigenvalue weighted by Crippen LogP contribution is -2.31. The molecule has 0 saturated heterocycles. The summed E-state index contributed by atoms with van der Waals surface area (Å²) in [5, 5.41) is 11.5. The second-order valence-electron chi connectivity index (χ2n) is 5.34. The Morgan fingerprint density at radius 3 is 2.60 bits per heavy atom. The Morgan fingerprint density at radius 2 is 1.96 bits per heavy atom. The second kappa shape index (κ2) is 7.81. The second-order valence-corrected chi connectivity index (χ2v) is 7.82. The molecule has 0 aliphatic carbocycles. The van der Waals surface area contributed by atoms with Crippen molar-refractivity contribution in [3.05, 3.63) is 63.2 Å². The number of nitro groups is 1. The van der Waals surface area contributed by atoms with E-state index in [4.69, 9.17) is 16.3 Å². The third kappa shape index (κ3) is 4.68. The van der Waals surface area contributed by atoms with Crippen molar-refractivity contribution in [1.29, 1.82) is 0 Å². The molecule has 0 N–H and O–H groups in total. The molecule has 2 aromatic carbocycles. The molecule has 0 amide bonds. The van der Waals surface area contributed by atoms with Crippen molar-refractivity contribution in [2.75, 3.05) is 20.2 Å². The van der Waals surface area contributed by atoms with Crippen molar-refractivity contribution >= 4 is 27.3 Å². The average Bonchev–Trinajstić information content (AvgIpc) is 2.54. The number of rotatable bonds is 7. The van der Waals surface area contributed by atoms with E-state index in [0.29, 0.717) is 16.3 Å². The van der Waals surface area contributed by atoms with E-state index in [9.17, 15) is 18.5 Å². The molecule has 2 aromatic rings. The van der Waals surface area contributed by atoms with E-state index in [-0.39, 0.29) is 23.7 Å². The zero-order valence-electron chi connectivity index (χ0n) is 13.7. The van der Waals surface area contributed by atoms with Gasteiger partial charge in [-0.1, -0.05) is 23.7 Å². The minimum atomic E-state index is -3.85. The van der Waals surface area contributed by atoms with Gasteiger partial charge in [0.15, 0.2) is 0 Å². The van der Waals surface area contributed by atoms with Crippen LogP contribution in [0.4, 0.5) is 5.69 Å². The lowest BCUT2D eigenvalue weighted by molar-refractivity contribution is -0.385. The van der Waals surface area contributed by atoms with E-state index in [0.717, 1.165) is 10.4 Å². The van der Waals surface area contributed by atoms with E-state index < -0.39 is 14.9 Å².